The van der Waals surface area contributed by atoms with Crippen LogP contribution in [0, 0.1) is 5.92 Å². The number of anilines is 3. The third-order valence-electron chi connectivity index (χ3n) is 9.04. The van der Waals surface area contributed by atoms with Gasteiger partial charge in [-0.3, -0.25) is 4.79 Å². The Morgan fingerprint density at radius 1 is 0.878 bits per heavy atom. The molecule has 3 atom stereocenters. The Balaban J connectivity index is 1.22. The van der Waals surface area contributed by atoms with Crippen LogP contribution in [0.2, 0.25) is 0 Å². The highest BCUT2D eigenvalue weighted by molar-refractivity contribution is 6.06. The van der Waals surface area contributed by atoms with E-state index < -0.39 is 18.2 Å². The van der Waals surface area contributed by atoms with Crippen LogP contribution in [0.1, 0.15) is 19.4 Å². The first kappa shape index (κ1) is 33.3. The van der Waals surface area contributed by atoms with Gasteiger partial charge in [-0.25, -0.2) is 9.59 Å². The molecule has 0 aliphatic carbocycles. The van der Waals surface area contributed by atoms with E-state index in [9.17, 15) is 19.5 Å². The van der Waals surface area contributed by atoms with E-state index >= 15 is 0 Å². The molecule has 49 heavy (non-hydrogen) atoms. The monoisotopic (exact) mass is 659 g/mol. The first-order valence-electron chi connectivity index (χ1n) is 16.5. The minimum absolute atomic E-state index is 0.0109. The number of carbonyl (C=O) groups is 3. The number of benzene rings is 5. The second-order valence-electron chi connectivity index (χ2n) is 12.7. The predicted molar refractivity (Wildman–Crippen MR) is 194 cm³/mol. The van der Waals surface area contributed by atoms with E-state index in [4.69, 9.17) is 4.74 Å². The summed E-state index contributed by atoms with van der Waals surface area (Å²) in [4.78, 5) is 43.4. The lowest BCUT2D eigenvalue weighted by Crippen LogP contribution is -2.48. The molecule has 1 heterocycles. The van der Waals surface area contributed by atoms with Crippen molar-refractivity contribution in [2.75, 3.05) is 42.7 Å². The van der Waals surface area contributed by atoms with Crippen LogP contribution in [0.25, 0.3) is 21.5 Å². The molecule has 0 radical (unpaired) electrons. The number of nitrogens with one attached hydrogen (secondary N) is 3. The standard InChI is InChI=1S/C39H41N5O5/c1-25-22-44(26(2)24-45)37(46)21-29-20-30(40-38(47)41-33-16-8-12-27-10-4-6-14-31(27)33)18-19-35(29)49-36(25)23-43(3)39(48)42-34-17-9-13-28-11-5-7-15-32(28)34/h4-20,25-26,36,45H,21-24H2,1-3H3,(H,42,48)(H2,40,41,47)/t25-,26-,36-/m0/s1. The number of nitrogens with zero attached hydrogens (tertiary/aromatic N) is 2. The number of hydrogen-bond acceptors (Lipinski definition) is 5. The van der Waals surface area contributed by atoms with Crippen LogP contribution >= 0.6 is 0 Å². The molecule has 5 aromatic rings. The van der Waals surface area contributed by atoms with Gasteiger partial charge in [-0.15, -0.1) is 0 Å². The number of rotatable bonds is 7. The first-order chi connectivity index (χ1) is 23.7. The molecule has 5 amide bonds. The fourth-order valence-corrected chi connectivity index (χ4v) is 6.24. The summed E-state index contributed by atoms with van der Waals surface area (Å²) in [5.74, 6) is 0.130. The van der Waals surface area contributed by atoms with Crippen molar-refractivity contribution in [2.45, 2.75) is 32.4 Å². The molecule has 0 saturated heterocycles. The topological polar surface area (TPSA) is 123 Å². The third-order valence-corrected chi connectivity index (χ3v) is 9.04. The van der Waals surface area contributed by atoms with Gasteiger partial charge in [0.15, 0.2) is 0 Å². The highest BCUT2D eigenvalue weighted by Gasteiger charge is 2.32. The van der Waals surface area contributed by atoms with Gasteiger partial charge in [0.25, 0.3) is 0 Å². The number of urea groups is 2. The average Bonchev–Trinajstić information content (AvgIpc) is 3.15. The van der Waals surface area contributed by atoms with Crippen LogP contribution in [-0.4, -0.2) is 71.8 Å². The van der Waals surface area contributed by atoms with E-state index in [1.54, 1.807) is 42.0 Å². The van der Waals surface area contributed by atoms with E-state index in [0.29, 0.717) is 34.9 Å². The molecule has 4 N–H and O–H groups in total. The Kier molecular flexibility index (Phi) is 9.96. The average molecular weight is 660 g/mol. The Bertz CT molecular complexity index is 1990. The number of amides is 5. The van der Waals surface area contributed by atoms with Crippen molar-refractivity contribution in [1.29, 1.82) is 0 Å². The van der Waals surface area contributed by atoms with Gasteiger partial charge in [-0.2, -0.15) is 0 Å². The maximum Gasteiger partial charge on any atom is 0.323 e. The van der Waals surface area contributed by atoms with Crippen molar-refractivity contribution >= 4 is 56.6 Å². The molecule has 0 fully saturated rings. The van der Waals surface area contributed by atoms with Crippen LogP contribution in [0.15, 0.2) is 103 Å². The SMILES string of the molecule is C[C@H]1CN([C@@H](C)CO)C(=O)Cc2cc(NC(=O)Nc3cccc4ccccc34)ccc2O[C@H]1CN(C)C(=O)Nc1cccc2ccccc12. The number of aliphatic hydroxyl groups is 1. The largest absolute Gasteiger partial charge is 0.488 e. The van der Waals surface area contributed by atoms with Gasteiger partial charge in [-0.1, -0.05) is 79.7 Å². The third kappa shape index (κ3) is 7.60. The smallest absolute Gasteiger partial charge is 0.323 e. The number of ether oxygens (including phenoxy) is 1. The van der Waals surface area contributed by atoms with Gasteiger partial charge in [0, 0.05) is 41.5 Å². The molecule has 0 saturated carbocycles. The zero-order valence-corrected chi connectivity index (χ0v) is 27.9. The van der Waals surface area contributed by atoms with Gasteiger partial charge < -0.3 is 35.6 Å². The van der Waals surface area contributed by atoms with Crippen LogP contribution in [0.5, 0.6) is 5.75 Å². The Morgan fingerprint density at radius 2 is 1.49 bits per heavy atom. The molecule has 5 aromatic carbocycles. The van der Waals surface area contributed by atoms with E-state index in [-0.39, 0.29) is 37.4 Å². The Labute approximate surface area is 285 Å². The Hall–Kier alpha value is -5.61. The maximum atomic E-state index is 13.7. The fraction of sp³-hybridized carbons (Fsp3) is 0.256. The summed E-state index contributed by atoms with van der Waals surface area (Å²) in [5.41, 5.74) is 2.47. The second-order valence-corrected chi connectivity index (χ2v) is 12.7. The van der Waals surface area contributed by atoms with E-state index in [1.807, 2.05) is 91.9 Å². The summed E-state index contributed by atoms with van der Waals surface area (Å²) >= 11 is 0. The Morgan fingerprint density at radius 3 is 2.14 bits per heavy atom. The summed E-state index contributed by atoms with van der Waals surface area (Å²) in [6.07, 6.45) is -0.480. The van der Waals surface area contributed by atoms with Gasteiger partial charge in [0.05, 0.1) is 37.0 Å². The second kappa shape index (κ2) is 14.7. The highest BCUT2D eigenvalue weighted by Crippen LogP contribution is 2.30. The van der Waals surface area contributed by atoms with Gasteiger partial charge in [-0.05, 0) is 48.0 Å². The molecular formula is C39H41N5O5. The van der Waals surface area contributed by atoms with E-state index in [0.717, 1.165) is 21.5 Å². The van der Waals surface area contributed by atoms with Crippen LogP contribution in [0.3, 0.4) is 0 Å². The number of fused-ring (bicyclic) bond motifs is 3. The molecule has 0 unspecified atom stereocenters. The van der Waals surface area contributed by atoms with Crippen LogP contribution in [0.4, 0.5) is 26.7 Å². The van der Waals surface area contributed by atoms with Gasteiger partial charge >= 0.3 is 12.1 Å². The maximum absolute atomic E-state index is 13.7. The zero-order valence-electron chi connectivity index (χ0n) is 27.9. The van der Waals surface area contributed by atoms with Crippen LogP contribution in [-0.2, 0) is 11.2 Å². The minimum Gasteiger partial charge on any atom is -0.488 e. The van der Waals surface area contributed by atoms with Crippen molar-refractivity contribution < 1.29 is 24.2 Å². The van der Waals surface area contributed by atoms with Gasteiger partial charge in [0.2, 0.25) is 5.91 Å². The summed E-state index contributed by atoms with van der Waals surface area (Å²) in [6, 6.07) is 31.2. The molecule has 1 aliphatic heterocycles. The zero-order chi connectivity index (χ0) is 34.5. The molecule has 6 rings (SSSR count). The molecule has 10 heteroatoms. The lowest BCUT2D eigenvalue weighted by molar-refractivity contribution is -0.134. The molecule has 252 valence electrons. The number of hydrogen-bond donors (Lipinski definition) is 4. The lowest BCUT2D eigenvalue weighted by Gasteiger charge is -2.34. The quantitative estimate of drug-likeness (QED) is 0.151. The molecule has 10 nitrogen and oxygen atoms in total. The van der Waals surface area contributed by atoms with Gasteiger partial charge in [0.1, 0.15) is 11.9 Å². The molecular weight excluding hydrogens is 618 g/mol. The van der Waals surface area contributed by atoms with E-state index in [1.165, 1.54) is 0 Å². The first-order valence-corrected chi connectivity index (χ1v) is 16.5. The predicted octanol–water partition coefficient (Wildman–Crippen LogP) is 6.95. The number of carbonyl (C=O) groups excluding carboxylic acids is 3. The van der Waals surface area contributed by atoms with Crippen molar-refractivity contribution in [3.8, 4) is 5.75 Å². The number of aliphatic hydroxyl groups excluding tert-OH is 1. The van der Waals surface area contributed by atoms with Crippen LogP contribution < -0.4 is 20.7 Å². The normalized spacial score (nSPS) is 16.8. The lowest BCUT2D eigenvalue weighted by atomic mass is 10.0. The minimum atomic E-state index is -0.491. The molecule has 0 spiro atoms. The molecule has 0 bridgehead atoms. The fourth-order valence-electron chi connectivity index (χ4n) is 6.24. The van der Waals surface area contributed by atoms with Crippen molar-refractivity contribution in [3.05, 3.63) is 109 Å². The van der Waals surface area contributed by atoms with Crippen molar-refractivity contribution in [2.24, 2.45) is 5.92 Å². The molecule has 1 aliphatic rings. The van der Waals surface area contributed by atoms with Crippen molar-refractivity contribution in [1.82, 2.24) is 9.80 Å². The summed E-state index contributed by atoms with van der Waals surface area (Å²) < 4.78 is 6.59. The molecule has 0 aromatic heterocycles. The number of likely N-dealkylation sites (N-methyl/N-ethyl adjacent to an activating group) is 1. The van der Waals surface area contributed by atoms with Crippen molar-refractivity contribution in [3.63, 3.8) is 0 Å². The highest BCUT2D eigenvalue weighted by atomic mass is 16.5. The summed E-state index contributed by atoms with van der Waals surface area (Å²) in [5, 5.41) is 22.7. The summed E-state index contributed by atoms with van der Waals surface area (Å²) in [7, 11) is 1.71. The van der Waals surface area contributed by atoms with E-state index in [2.05, 4.69) is 16.0 Å². The summed E-state index contributed by atoms with van der Waals surface area (Å²) in [6.45, 7) is 4.15.